The SMILES string of the molecule is O=[N+]([O-])c1cccc(Cl)c1CCBr.O=[N+]([O-])c1cccc(Cl)c1CCO. The van der Waals surface area contributed by atoms with Crippen molar-refractivity contribution < 1.29 is 15.0 Å². The molecule has 7 nitrogen and oxygen atoms in total. The van der Waals surface area contributed by atoms with Crippen molar-refractivity contribution in [3.8, 4) is 0 Å². The van der Waals surface area contributed by atoms with Crippen molar-refractivity contribution in [1.82, 2.24) is 0 Å². The summed E-state index contributed by atoms with van der Waals surface area (Å²) < 4.78 is 0. The first-order valence-electron chi connectivity index (χ1n) is 7.33. The van der Waals surface area contributed by atoms with Gasteiger partial charge in [0.2, 0.25) is 0 Å². The van der Waals surface area contributed by atoms with Gasteiger partial charge in [-0.25, -0.2) is 0 Å². The number of halogens is 3. The molecule has 0 spiro atoms. The number of hydrogen-bond acceptors (Lipinski definition) is 5. The van der Waals surface area contributed by atoms with Crippen LogP contribution >= 0.6 is 39.1 Å². The lowest BCUT2D eigenvalue weighted by Gasteiger charge is -2.02. The second-order valence-electron chi connectivity index (χ2n) is 4.90. The van der Waals surface area contributed by atoms with Gasteiger partial charge >= 0.3 is 0 Å². The molecule has 0 aliphatic heterocycles. The van der Waals surface area contributed by atoms with Gasteiger partial charge in [-0.1, -0.05) is 51.3 Å². The highest BCUT2D eigenvalue weighted by atomic mass is 79.9. The summed E-state index contributed by atoms with van der Waals surface area (Å²) in [4.78, 5) is 20.2. The van der Waals surface area contributed by atoms with Crippen LogP contribution in [-0.4, -0.2) is 26.9 Å². The molecule has 0 saturated carbocycles. The standard InChI is InChI=1S/C8H7BrClNO2.C8H8ClNO3/c9-5-4-6-7(10)2-1-3-8(6)11(12)13;9-7-2-1-3-8(10(12)13)6(7)4-5-11/h1-3H,4-5H2;1-3,11H,4-5H2. The quantitative estimate of drug-likeness (QED) is 0.368. The molecule has 2 aromatic rings. The summed E-state index contributed by atoms with van der Waals surface area (Å²) in [6.07, 6.45) is 0.770. The number of aliphatic hydroxyl groups excluding tert-OH is 1. The van der Waals surface area contributed by atoms with Crippen molar-refractivity contribution in [2.75, 3.05) is 11.9 Å². The van der Waals surface area contributed by atoms with Crippen molar-refractivity contribution in [2.24, 2.45) is 0 Å². The van der Waals surface area contributed by atoms with Gasteiger partial charge in [0.1, 0.15) is 0 Å². The molecular formula is C16H15BrCl2N2O5. The second-order valence-corrected chi connectivity index (χ2v) is 6.51. The van der Waals surface area contributed by atoms with Crippen LogP contribution in [0, 0.1) is 20.2 Å². The van der Waals surface area contributed by atoms with E-state index in [0.717, 1.165) is 0 Å². The van der Waals surface area contributed by atoms with Gasteiger partial charge < -0.3 is 5.11 Å². The normalized spacial score (nSPS) is 10.0. The third-order valence-electron chi connectivity index (χ3n) is 3.29. The molecule has 26 heavy (non-hydrogen) atoms. The molecule has 0 aromatic heterocycles. The number of nitrogens with zero attached hydrogens (tertiary/aromatic N) is 2. The van der Waals surface area contributed by atoms with Crippen molar-refractivity contribution in [3.05, 3.63) is 77.8 Å². The number of rotatable bonds is 6. The molecule has 0 radical (unpaired) electrons. The van der Waals surface area contributed by atoms with E-state index in [4.69, 9.17) is 28.3 Å². The molecule has 0 amide bonds. The number of alkyl halides is 1. The van der Waals surface area contributed by atoms with Gasteiger partial charge in [0.25, 0.3) is 11.4 Å². The summed E-state index contributed by atoms with van der Waals surface area (Å²) >= 11 is 14.8. The Kier molecular flexibility index (Phi) is 9.50. The van der Waals surface area contributed by atoms with Gasteiger partial charge in [0.05, 0.1) is 25.5 Å². The highest BCUT2D eigenvalue weighted by Crippen LogP contribution is 2.27. The zero-order valence-corrected chi connectivity index (χ0v) is 16.5. The molecule has 0 aliphatic carbocycles. The predicted molar refractivity (Wildman–Crippen MR) is 105 cm³/mol. The summed E-state index contributed by atoms with van der Waals surface area (Å²) in [5.41, 5.74) is 1.02. The number of nitro benzene ring substituents is 2. The minimum absolute atomic E-state index is 0.0402. The minimum Gasteiger partial charge on any atom is -0.396 e. The summed E-state index contributed by atoms with van der Waals surface area (Å²) in [5, 5.41) is 31.2. The van der Waals surface area contributed by atoms with Crippen molar-refractivity contribution in [3.63, 3.8) is 0 Å². The van der Waals surface area contributed by atoms with Gasteiger partial charge in [0, 0.05) is 36.1 Å². The molecule has 140 valence electrons. The third kappa shape index (κ3) is 6.21. The van der Waals surface area contributed by atoms with Crippen molar-refractivity contribution >= 4 is 50.5 Å². The Bertz CT molecular complexity index is 724. The predicted octanol–water partition coefficient (Wildman–Crippen LogP) is 4.97. The number of nitro groups is 2. The molecule has 2 aromatic carbocycles. The van der Waals surface area contributed by atoms with Gasteiger partial charge in [-0.15, -0.1) is 0 Å². The molecule has 0 bridgehead atoms. The average Bonchev–Trinajstić information content (AvgIpc) is 2.59. The Labute approximate surface area is 168 Å². The Morgan fingerprint density at radius 3 is 1.65 bits per heavy atom. The van der Waals surface area contributed by atoms with Crippen LogP contribution in [0.15, 0.2) is 36.4 Å². The van der Waals surface area contributed by atoms with Crippen LogP contribution in [0.25, 0.3) is 0 Å². The molecule has 0 aliphatic rings. The molecule has 0 atom stereocenters. The summed E-state index contributed by atoms with van der Waals surface area (Å²) in [7, 11) is 0. The topological polar surface area (TPSA) is 107 Å². The fraction of sp³-hybridized carbons (Fsp3) is 0.250. The molecule has 0 unspecified atom stereocenters. The molecule has 0 fully saturated rings. The Balaban J connectivity index is 0.000000260. The van der Waals surface area contributed by atoms with E-state index in [2.05, 4.69) is 15.9 Å². The van der Waals surface area contributed by atoms with Gasteiger partial charge in [-0.2, -0.15) is 0 Å². The summed E-state index contributed by atoms with van der Waals surface area (Å²) in [6.45, 7) is -0.148. The van der Waals surface area contributed by atoms with E-state index < -0.39 is 9.85 Å². The zero-order valence-electron chi connectivity index (χ0n) is 13.4. The lowest BCUT2D eigenvalue weighted by atomic mass is 10.1. The van der Waals surface area contributed by atoms with E-state index in [0.29, 0.717) is 32.9 Å². The maximum atomic E-state index is 10.6. The molecule has 0 heterocycles. The third-order valence-corrected chi connectivity index (χ3v) is 4.39. The Hall–Kier alpha value is -1.74. The second kappa shape index (κ2) is 11.1. The first-order valence-corrected chi connectivity index (χ1v) is 9.21. The molecular weight excluding hydrogens is 451 g/mol. The van der Waals surface area contributed by atoms with Crippen LogP contribution in [0.4, 0.5) is 11.4 Å². The van der Waals surface area contributed by atoms with Crippen LogP contribution < -0.4 is 0 Å². The number of aliphatic hydroxyl groups is 1. The average molecular weight is 466 g/mol. The van der Waals surface area contributed by atoms with Crippen molar-refractivity contribution in [2.45, 2.75) is 12.8 Å². The fourth-order valence-electron chi connectivity index (χ4n) is 2.14. The van der Waals surface area contributed by atoms with Crippen LogP contribution in [0.3, 0.4) is 0 Å². The highest BCUT2D eigenvalue weighted by Gasteiger charge is 2.16. The van der Waals surface area contributed by atoms with Crippen LogP contribution in [0.1, 0.15) is 11.1 Å². The van der Waals surface area contributed by atoms with Crippen molar-refractivity contribution in [1.29, 1.82) is 0 Å². The van der Waals surface area contributed by atoms with Crippen LogP contribution in [0.2, 0.25) is 10.0 Å². The number of hydrogen-bond donors (Lipinski definition) is 1. The summed E-state index contributed by atoms with van der Waals surface area (Å²) in [5.74, 6) is 0. The Morgan fingerprint density at radius 2 is 1.31 bits per heavy atom. The van der Waals surface area contributed by atoms with E-state index in [1.807, 2.05) is 0 Å². The first-order chi connectivity index (χ1) is 12.3. The highest BCUT2D eigenvalue weighted by molar-refractivity contribution is 9.09. The maximum absolute atomic E-state index is 10.6. The molecule has 0 saturated heterocycles. The van der Waals surface area contributed by atoms with E-state index in [-0.39, 0.29) is 24.4 Å². The zero-order chi connectivity index (χ0) is 19.7. The van der Waals surface area contributed by atoms with E-state index in [9.17, 15) is 20.2 Å². The van der Waals surface area contributed by atoms with Gasteiger partial charge in [-0.3, -0.25) is 20.2 Å². The smallest absolute Gasteiger partial charge is 0.274 e. The summed E-state index contributed by atoms with van der Waals surface area (Å²) in [6, 6.07) is 9.16. The maximum Gasteiger partial charge on any atom is 0.274 e. The largest absolute Gasteiger partial charge is 0.396 e. The van der Waals surface area contributed by atoms with E-state index in [1.165, 1.54) is 18.2 Å². The number of benzene rings is 2. The molecule has 2 rings (SSSR count). The molecule has 1 N–H and O–H groups in total. The van der Waals surface area contributed by atoms with E-state index in [1.54, 1.807) is 18.2 Å². The Morgan fingerprint density at radius 1 is 0.885 bits per heavy atom. The monoisotopic (exact) mass is 464 g/mol. The van der Waals surface area contributed by atoms with Gasteiger partial charge in [0.15, 0.2) is 0 Å². The van der Waals surface area contributed by atoms with E-state index >= 15 is 0 Å². The lowest BCUT2D eigenvalue weighted by molar-refractivity contribution is -0.385. The fourth-order valence-corrected chi connectivity index (χ4v) is 3.06. The lowest BCUT2D eigenvalue weighted by Crippen LogP contribution is -1.98. The van der Waals surface area contributed by atoms with Crippen LogP contribution in [-0.2, 0) is 12.8 Å². The minimum atomic E-state index is -0.503. The van der Waals surface area contributed by atoms with Gasteiger partial charge in [-0.05, 0) is 18.6 Å². The first kappa shape index (κ1) is 22.3. The van der Waals surface area contributed by atoms with Crippen LogP contribution in [0.5, 0.6) is 0 Å². The molecule has 10 heteroatoms.